The van der Waals surface area contributed by atoms with Gasteiger partial charge >= 0.3 is 5.97 Å². The van der Waals surface area contributed by atoms with Crippen LogP contribution < -0.4 is 0 Å². The van der Waals surface area contributed by atoms with Crippen molar-refractivity contribution in [2.45, 2.75) is 44.6 Å². The lowest BCUT2D eigenvalue weighted by atomic mass is 9.81. The third-order valence-corrected chi connectivity index (χ3v) is 5.48. The summed E-state index contributed by atoms with van der Waals surface area (Å²) in [5.74, 6) is -0.944. The lowest BCUT2D eigenvalue weighted by molar-refractivity contribution is -0.150. The molecule has 26 heavy (non-hydrogen) atoms. The molecule has 1 aliphatic carbocycles. The third-order valence-electron chi connectivity index (χ3n) is 4.80. The van der Waals surface area contributed by atoms with Gasteiger partial charge < -0.3 is 9.64 Å². The van der Waals surface area contributed by atoms with Crippen molar-refractivity contribution in [1.29, 1.82) is 5.26 Å². The lowest BCUT2D eigenvalue weighted by Gasteiger charge is -2.38. The van der Waals surface area contributed by atoms with Crippen LogP contribution in [0, 0.1) is 18.3 Å². The minimum atomic E-state index is -0.773. The number of hydrogen-bond acceptors (Lipinski definition) is 4. The first-order chi connectivity index (χ1) is 12.4. The van der Waals surface area contributed by atoms with E-state index in [0.29, 0.717) is 12.8 Å². The van der Waals surface area contributed by atoms with Gasteiger partial charge in [0, 0.05) is 17.6 Å². The number of carbonyl (C=O) groups excluding carboxylic acids is 2. The lowest BCUT2D eigenvalue weighted by Crippen LogP contribution is -2.51. The van der Waals surface area contributed by atoms with Gasteiger partial charge in [0.25, 0.3) is 5.91 Å². The highest BCUT2D eigenvalue weighted by Gasteiger charge is 2.38. The van der Waals surface area contributed by atoms with Crippen molar-refractivity contribution < 1.29 is 14.3 Å². The van der Waals surface area contributed by atoms with Crippen molar-refractivity contribution >= 4 is 33.9 Å². The molecule has 0 heterocycles. The van der Waals surface area contributed by atoms with E-state index >= 15 is 0 Å². The summed E-state index contributed by atoms with van der Waals surface area (Å²) in [7, 11) is 1.62. The SMILES string of the molecule is Cc1ccc(/C=C/C(=O)OCC(=O)N(C)C2(C#N)CCCCC2)c(Br)c1. The Morgan fingerprint density at radius 3 is 2.65 bits per heavy atom. The van der Waals surface area contributed by atoms with Crippen LogP contribution in [-0.4, -0.2) is 36.0 Å². The van der Waals surface area contributed by atoms with Crippen molar-refractivity contribution in [3.05, 3.63) is 39.9 Å². The zero-order valence-electron chi connectivity index (χ0n) is 15.1. The predicted octanol–water partition coefficient (Wildman–Crippen LogP) is 4.00. The molecule has 0 N–H and O–H groups in total. The summed E-state index contributed by atoms with van der Waals surface area (Å²) >= 11 is 3.44. The van der Waals surface area contributed by atoms with Crippen molar-refractivity contribution in [2.75, 3.05) is 13.7 Å². The minimum Gasteiger partial charge on any atom is -0.452 e. The summed E-state index contributed by atoms with van der Waals surface area (Å²) in [5.41, 5.74) is 1.19. The zero-order valence-corrected chi connectivity index (χ0v) is 16.7. The molecule has 0 bridgehead atoms. The average molecular weight is 419 g/mol. The van der Waals surface area contributed by atoms with E-state index < -0.39 is 11.5 Å². The van der Waals surface area contributed by atoms with Gasteiger partial charge in [0.2, 0.25) is 0 Å². The molecule has 0 radical (unpaired) electrons. The van der Waals surface area contributed by atoms with Crippen LogP contribution in [0.2, 0.25) is 0 Å². The molecule has 0 saturated heterocycles. The molecule has 0 atom stereocenters. The van der Waals surface area contributed by atoms with Crippen molar-refractivity contribution in [1.82, 2.24) is 4.90 Å². The standard InChI is InChI=1S/C20H23BrN2O3/c1-15-6-7-16(17(21)12-15)8-9-19(25)26-13-18(24)23(2)20(14-22)10-4-3-5-11-20/h6-9,12H,3-5,10-11,13H2,1-2H3/b9-8+. The van der Waals surface area contributed by atoms with E-state index in [1.807, 2.05) is 25.1 Å². The molecule has 1 aromatic rings. The molecule has 0 aliphatic heterocycles. The van der Waals surface area contributed by atoms with Crippen molar-refractivity contribution in [3.63, 3.8) is 0 Å². The highest BCUT2D eigenvalue weighted by molar-refractivity contribution is 9.10. The normalized spacial score (nSPS) is 16.1. The zero-order chi connectivity index (χ0) is 19.2. The largest absolute Gasteiger partial charge is 0.452 e. The van der Waals surface area contributed by atoms with Crippen LogP contribution in [0.3, 0.4) is 0 Å². The monoisotopic (exact) mass is 418 g/mol. The summed E-state index contributed by atoms with van der Waals surface area (Å²) in [6.45, 7) is 1.62. The summed E-state index contributed by atoms with van der Waals surface area (Å²) < 4.78 is 5.93. The summed E-state index contributed by atoms with van der Waals surface area (Å²) in [6, 6.07) is 8.08. The highest BCUT2D eigenvalue weighted by Crippen LogP contribution is 2.32. The van der Waals surface area contributed by atoms with Crippen LogP contribution in [0.1, 0.15) is 43.2 Å². The van der Waals surface area contributed by atoms with Gasteiger partial charge in [-0.1, -0.05) is 47.3 Å². The van der Waals surface area contributed by atoms with Crippen molar-refractivity contribution in [3.8, 4) is 6.07 Å². The number of amides is 1. The molecule has 138 valence electrons. The van der Waals surface area contributed by atoms with Gasteiger partial charge in [-0.25, -0.2) is 4.79 Å². The molecular formula is C20H23BrN2O3. The number of halogens is 1. The van der Waals surface area contributed by atoms with E-state index in [4.69, 9.17) is 4.74 Å². The van der Waals surface area contributed by atoms with Crippen LogP contribution >= 0.6 is 15.9 Å². The second kappa shape index (κ2) is 9.00. The molecule has 1 aromatic carbocycles. The second-order valence-corrected chi connectivity index (χ2v) is 7.48. The maximum Gasteiger partial charge on any atom is 0.331 e. The van der Waals surface area contributed by atoms with Crippen LogP contribution in [0.4, 0.5) is 0 Å². The molecule has 0 aromatic heterocycles. The van der Waals surface area contributed by atoms with Gasteiger partial charge in [0.05, 0.1) is 6.07 Å². The van der Waals surface area contributed by atoms with Crippen LogP contribution in [0.15, 0.2) is 28.7 Å². The van der Waals surface area contributed by atoms with Gasteiger partial charge in [-0.2, -0.15) is 5.26 Å². The van der Waals surface area contributed by atoms with Crippen LogP contribution in [0.5, 0.6) is 0 Å². The number of nitriles is 1. The van der Waals surface area contributed by atoms with Gasteiger partial charge in [0.15, 0.2) is 6.61 Å². The first kappa shape index (κ1) is 20.2. The van der Waals surface area contributed by atoms with Crippen LogP contribution in [-0.2, 0) is 14.3 Å². The number of hydrogen-bond donors (Lipinski definition) is 0. The Morgan fingerprint density at radius 1 is 1.35 bits per heavy atom. The van der Waals surface area contributed by atoms with E-state index in [1.165, 1.54) is 11.0 Å². The highest BCUT2D eigenvalue weighted by atomic mass is 79.9. The van der Waals surface area contributed by atoms with E-state index in [0.717, 1.165) is 34.9 Å². The van der Waals surface area contributed by atoms with Crippen LogP contribution in [0.25, 0.3) is 6.08 Å². The fourth-order valence-corrected chi connectivity index (χ4v) is 3.73. The quantitative estimate of drug-likeness (QED) is 0.535. The third kappa shape index (κ3) is 4.95. The molecule has 1 fully saturated rings. The summed E-state index contributed by atoms with van der Waals surface area (Å²) in [4.78, 5) is 25.7. The number of likely N-dealkylation sites (N-methyl/N-ethyl adjacent to an activating group) is 1. The fraction of sp³-hybridized carbons (Fsp3) is 0.450. The Hall–Kier alpha value is -2.13. The molecule has 0 unspecified atom stereocenters. The molecular weight excluding hydrogens is 396 g/mol. The summed E-state index contributed by atoms with van der Waals surface area (Å²) in [5, 5.41) is 9.53. The first-order valence-corrected chi connectivity index (χ1v) is 9.46. The van der Waals surface area contributed by atoms with E-state index in [2.05, 4.69) is 22.0 Å². The number of rotatable bonds is 5. The van der Waals surface area contributed by atoms with Gasteiger partial charge in [-0.15, -0.1) is 0 Å². The molecule has 0 spiro atoms. The Labute approximate surface area is 162 Å². The average Bonchev–Trinajstić information content (AvgIpc) is 2.65. The number of ether oxygens (including phenoxy) is 1. The Bertz CT molecular complexity index is 746. The number of benzene rings is 1. The topological polar surface area (TPSA) is 70.4 Å². The first-order valence-electron chi connectivity index (χ1n) is 8.67. The molecule has 6 heteroatoms. The maximum absolute atomic E-state index is 12.3. The molecule has 1 saturated carbocycles. The van der Waals surface area contributed by atoms with Gasteiger partial charge in [0.1, 0.15) is 5.54 Å². The number of carbonyl (C=O) groups is 2. The van der Waals surface area contributed by atoms with E-state index in [1.54, 1.807) is 13.1 Å². The van der Waals surface area contributed by atoms with Gasteiger partial charge in [-0.3, -0.25) is 4.79 Å². The molecule has 5 nitrogen and oxygen atoms in total. The fourth-order valence-electron chi connectivity index (χ4n) is 3.10. The van der Waals surface area contributed by atoms with Gasteiger partial charge in [-0.05, 0) is 43.0 Å². The Morgan fingerprint density at radius 2 is 2.04 bits per heavy atom. The smallest absolute Gasteiger partial charge is 0.331 e. The Balaban J connectivity index is 1.91. The Kier molecular flexibility index (Phi) is 6.98. The summed E-state index contributed by atoms with van der Waals surface area (Å²) in [6.07, 6.45) is 7.21. The van der Waals surface area contributed by atoms with Crippen molar-refractivity contribution in [2.24, 2.45) is 0 Å². The number of nitrogens with zero attached hydrogens (tertiary/aromatic N) is 2. The van der Waals surface area contributed by atoms with E-state index in [9.17, 15) is 14.9 Å². The number of aryl methyl sites for hydroxylation is 1. The molecule has 1 aliphatic rings. The van der Waals surface area contributed by atoms with E-state index in [-0.39, 0.29) is 12.5 Å². The number of esters is 1. The minimum absolute atomic E-state index is 0.355. The maximum atomic E-state index is 12.3. The second-order valence-electron chi connectivity index (χ2n) is 6.62. The molecule has 1 amide bonds. The predicted molar refractivity (Wildman–Crippen MR) is 103 cm³/mol. The molecule has 2 rings (SSSR count).